The van der Waals surface area contributed by atoms with Crippen molar-refractivity contribution in [2.75, 3.05) is 7.11 Å². The molecule has 4 aromatic rings. The van der Waals surface area contributed by atoms with E-state index in [1.807, 2.05) is 54.6 Å². The van der Waals surface area contributed by atoms with Gasteiger partial charge in [-0.2, -0.15) is 0 Å². The highest BCUT2D eigenvalue weighted by molar-refractivity contribution is 7.98. The van der Waals surface area contributed by atoms with Crippen LogP contribution in [0.2, 0.25) is 10.0 Å². The van der Waals surface area contributed by atoms with Gasteiger partial charge in [0.15, 0.2) is 5.16 Å². The lowest BCUT2D eigenvalue weighted by molar-refractivity contribution is 0.414. The molecule has 7 heteroatoms. The Kier molecular flexibility index (Phi) is 6.62. The van der Waals surface area contributed by atoms with Crippen molar-refractivity contribution in [2.45, 2.75) is 17.3 Å². The molecule has 30 heavy (non-hydrogen) atoms. The first kappa shape index (κ1) is 20.8. The van der Waals surface area contributed by atoms with Crippen LogP contribution in [-0.4, -0.2) is 21.9 Å². The molecule has 0 N–H and O–H groups in total. The van der Waals surface area contributed by atoms with E-state index in [-0.39, 0.29) is 0 Å². The summed E-state index contributed by atoms with van der Waals surface area (Å²) in [6.07, 6.45) is 0.683. The van der Waals surface area contributed by atoms with Gasteiger partial charge in [0.1, 0.15) is 11.6 Å². The molecule has 0 amide bonds. The van der Waals surface area contributed by atoms with Crippen molar-refractivity contribution in [3.05, 3.63) is 99.8 Å². The Hall–Kier alpha value is -2.47. The Labute approximate surface area is 189 Å². The molecule has 1 aromatic heterocycles. The fourth-order valence-corrected chi connectivity index (χ4v) is 4.59. The first-order valence-electron chi connectivity index (χ1n) is 9.33. The van der Waals surface area contributed by atoms with Crippen molar-refractivity contribution in [1.29, 1.82) is 0 Å². The summed E-state index contributed by atoms with van der Waals surface area (Å²) in [6.45, 7) is 0. The number of thioether (sulfide) groups is 1. The SMILES string of the molecule is COc1ccc(-n2c(Cc3ccccc3)nnc2SCc2ccc(Cl)cc2Cl)cc1. The predicted octanol–water partition coefficient (Wildman–Crippen LogP) is 6.47. The number of hydrogen-bond donors (Lipinski definition) is 0. The highest BCUT2D eigenvalue weighted by Gasteiger charge is 2.16. The van der Waals surface area contributed by atoms with Gasteiger partial charge in [-0.3, -0.25) is 4.57 Å². The minimum Gasteiger partial charge on any atom is -0.497 e. The summed E-state index contributed by atoms with van der Waals surface area (Å²) in [5.41, 5.74) is 3.16. The molecule has 0 saturated heterocycles. The van der Waals surface area contributed by atoms with Crippen LogP contribution >= 0.6 is 35.0 Å². The van der Waals surface area contributed by atoms with Crippen LogP contribution in [0.25, 0.3) is 5.69 Å². The average molecular weight is 456 g/mol. The molecular formula is C23H19Cl2N3OS. The lowest BCUT2D eigenvalue weighted by atomic mass is 10.1. The van der Waals surface area contributed by atoms with Crippen molar-refractivity contribution >= 4 is 35.0 Å². The standard InChI is InChI=1S/C23H19Cl2N3OS/c1-29-20-11-9-19(10-12-20)28-22(13-16-5-3-2-4-6-16)26-27-23(28)30-15-17-7-8-18(24)14-21(17)25/h2-12,14H,13,15H2,1H3. The summed E-state index contributed by atoms with van der Waals surface area (Å²) in [7, 11) is 1.66. The van der Waals surface area contributed by atoms with Crippen molar-refractivity contribution < 1.29 is 4.74 Å². The quantitative estimate of drug-likeness (QED) is 0.299. The molecule has 0 fully saturated rings. The van der Waals surface area contributed by atoms with Crippen LogP contribution in [0.1, 0.15) is 17.0 Å². The Bertz CT molecular complexity index is 1130. The van der Waals surface area contributed by atoms with Gasteiger partial charge in [-0.15, -0.1) is 10.2 Å². The van der Waals surface area contributed by atoms with E-state index in [2.05, 4.69) is 26.9 Å². The molecule has 4 nitrogen and oxygen atoms in total. The lowest BCUT2D eigenvalue weighted by Crippen LogP contribution is -2.04. The Morgan fingerprint density at radius 3 is 2.40 bits per heavy atom. The second-order valence-corrected chi connectivity index (χ2v) is 8.41. The fraction of sp³-hybridized carbons (Fsp3) is 0.130. The summed E-state index contributed by atoms with van der Waals surface area (Å²) < 4.78 is 7.38. The number of rotatable bonds is 7. The third-order valence-corrected chi connectivity index (χ3v) is 6.17. The zero-order valence-electron chi connectivity index (χ0n) is 16.3. The topological polar surface area (TPSA) is 39.9 Å². The van der Waals surface area contributed by atoms with Gasteiger partial charge in [0.2, 0.25) is 0 Å². The average Bonchev–Trinajstić information content (AvgIpc) is 3.16. The number of benzene rings is 3. The van der Waals surface area contributed by atoms with Gasteiger partial charge < -0.3 is 4.74 Å². The molecule has 0 aliphatic heterocycles. The maximum Gasteiger partial charge on any atom is 0.196 e. The molecule has 0 radical (unpaired) electrons. The smallest absolute Gasteiger partial charge is 0.196 e. The van der Waals surface area contributed by atoms with E-state index in [4.69, 9.17) is 27.9 Å². The maximum absolute atomic E-state index is 6.34. The molecule has 0 unspecified atom stereocenters. The molecular weight excluding hydrogens is 437 g/mol. The first-order chi connectivity index (χ1) is 14.6. The number of methoxy groups -OCH3 is 1. The number of hydrogen-bond acceptors (Lipinski definition) is 4. The summed E-state index contributed by atoms with van der Waals surface area (Å²) in [5.74, 6) is 2.34. The van der Waals surface area contributed by atoms with Gasteiger partial charge in [-0.1, -0.05) is 71.4 Å². The molecule has 4 rings (SSSR count). The largest absolute Gasteiger partial charge is 0.497 e. The fourth-order valence-electron chi connectivity index (χ4n) is 3.06. The zero-order chi connectivity index (χ0) is 20.9. The van der Waals surface area contributed by atoms with Crippen LogP contribution in [-0.2, 0) is 12.2 Å². The third-order valence-electron chi connectivity index (χ3n) is 4.61. The third kappa shape index (κ3) is 4.81. The van der Waals surface area contributed by atoms with Gasteiger partial charge in [-0.05, 0) is 47.5 Å². The van der Waals surface area contributed by atoms with Crippen LogP contribution in [0.3, 0.4) is 0 Å². The Balaban J connectivity index is 1.66. The van der Waals surface area contributed by atoms with Gasteiger partial charge >= 0.3 is 0 Å². The van der Waals surface area contributed by atoms with Crippen molar-refractivity contribution in [3.63, 3.8) is 0 Å². The molecule has 0 aliphatic rings. The van der Waals surface area contributed by atoms with Crippen LogP contribution in [0, 0.1) is 0 Å². The summed E-state index contributed by atoms with van der Waals surface area (Å²) in [6, 6.07) is 23.7. The number of aromatic nitrogens is 3. The minimum absolute atomic E-state index is 0.625. The molecule has 0 spiro atoms. The van der Waals surface area contributed by atoms with E-state index in [9.17, 15) is 0 Å². The Morgan fingerprint density at radius 2 is 1.70 bits per heavy atom. The van der Waals surface area contributed by atoms with E-state index < -0.39 is 0 Å². The summed E-state index contributed by atoms with van der Waals surface area (Å²) >= 11 is 13.9. The predicted molar refractivity (Wildman–Crippen MR) is 123 cm³/mol. The number of ether oxygens (including phenoxy) is 1. The normalized spacial score (nSPS) is 10.9. The van der Waals surface area contributed by atoms with E-state index in [1.165, 1.54) is 5.56 Å². The van der Waals surface area contributed by atoms with Crippen molar-refractivity contribution in [3.8, 4) is 11.4 Å². The molecule has 0 atom stereocenters. The van der Waals surface area contributed by atoms with E-state index in [1.54, 1.807) is 24.9 Å². The Morgan fingerprint density at radius 1 is 0.933 bits per heavy atom. The maximum atomic E-state index is 6.34. The van der Waals surface area contributed by atoms with Crippen LogP contribution < -0.4 is 4.74 Å². The monoisotopic (exact) mass is 455 g/mol. The molecule has 0 aliphatic carbocycles. The van der Waals surface area contributed by atoms with Gasteiger partial charge in [0, 0.05) is 27.9 Å². The first-order valence-corrected chi connectivity index (χ1v) is 11.1. The molecule has 0 saturated carbocycles. The van der Waals surface area contributed by atoms with Gasteiger partial charge in [0.25, 0.3) is 0 Å². The van der Waals surface area contributed by atoms with E-state index >= 15 is 0 Å². The van der Waals surface area contributed by atoms with Crippen LogP contribution in [0.15, 0.2) is 78.0 Å². The van der Waals surface area contributed by atoms with Crippen LogP contribution in [0.5, 0.6) is 5.75 Å². The molecule has 1 heterocycles. The minimum atomic E-state index is 0.625. The summed E-state index contributed by atoms with van der Waals surface area (Å²) in [4.78, 5) is 0. The second kappa shape index (κ2) is 9.56. The zero-order valence-corrected chi connectivity index (χ0v) is 18.6. The van der Waals surface area contributed by atoms with Crippen LogP contribution in [0.4, 0.5) is 0 Å². The summed E-state index contributed by atoms with van der Waals surface area (Å²) in [5, 5.41) is 11.0. The van der Waals surface area contributed by atoms with Crippen molar-refractivity contribution in [2.24, 2.45) is 0 Å². The highest BCUT2D eigenvalue weighted by Crippen LogP contribution is 2.30. The highest BCUT2D eigenvalue weighted by atomic mass is 35.5. The molecule has 0 bridgehead atoms. The molecule has 152 valence electrons. The van der Waals surface area contributed by atoms with Gasteiger partial charge in [0.05, 0.1) is 7.11 Å². The van der Waals surface area contributed by atoms with E-state index in [0.717, 1.165) is 28.0 Å². The second-order valence-electron chi connectivity index (χ2n) is 6.62. The molecule has 3 aromatic carbocycles. The number of halogens is 2. The number of nitrogens with zero attached hydrogens (tertiary/aromatic N) is 3. The lowest BCUT2D eigenvalue weighted by Gasteiger charge is -2.11. The van der Waals surface area contributed by atoms with E-state index in [0.29, 0.717) is 22.2 Å². The van der Waals surface area contributed by atoms with Gasteiger partial charge in [-0.25, -0.2) is 0 Å². The van der Waals surface area contributed by atoms with Crippen molar-refractivity contribution in [1.82, 2.24) is 14.8 Å².